The summed E-state index contributed by atoms with van der Waals surface area (Å²) in [5.74, 6) is 2.43. The summed E-state index contributed by atoms with van der Waals surface area (Å²) in [5, 5.41) is 3.89. The lowest BCUT2D eigenvalue weighted by atomic mass is 10.1. The van der Waals surface area contributed by atoms with Crippen molar-refractivity contribution in [2.75, 3.05) is 5.75 Å². The maximum atomic E-state index is 11.7. The summed E-state index contributed by atoms with van der Waals surface area (Å²) < 4.78 is 6.28. The molecule has 0 aliphatic heterocycles. The van der Waals surface area contributed by atoms with E-state index in [4.69, 9.17) is 4.42 Å². The van der Waals surface area contributed by atoms with Gasteiger partial charge in [-0.2, -0.15) is 5.10 Å². The van der Waals surface area contributed by atoms with Gasteiger partial charge in [0.1, 0.15) is 11.5 Å². The summed E-state index contributed by atoms with van der Waals surface area (Å²) in [4.78, 5) is 11.7. The SMILES string of the molecule is Cc1ccccc1CSCC(=O)N/N=C\c1cc(Br)c(C)o1. The molecule has 0 aliphatic carbocycles. The van der Waals surface area contributed by atoms with Crippen LogP contribution in [-0.2, 0) is 10.5 Å². The Bertz CT molecular complexity index is 663. The van der Waals surface area contributed by atoms with E-state index in [-0.39, 0.29) is 5.91 Å². The molecule has 2 aromatic rings. The third-order valence-electron chi connectivity index (χ3n) is 3.01. The van der Waals surface area contributed by atoms with Crippen LogP contribution in [0.25, 0.3) is 0 Å². The summed E-state index contributed by atoms with van der Waals surface area (Å²) in [7, 11) is 0. The summed E-state index contributed by atoms with van der Waals surface area (Å²) in [6, 6.07) is 9.98. The van der Waals surface area contributed by atoms with Gasteiger partial charge >= 0.3 is 0 Å². The van der Waals surface area contributed by atoms with E-state index in [0.717, 1.165) is 16.0 Å². The maximum Gasteiger partial charge on any atom is 0.250 e. The summed E-state index contributed by atoms with van der Waals surface area (Å²) in [5.41, 5.74) is 4.99. The molecule has 116 valence electrons. The van der Waals surface area contributed by atoms with Gasteiger partial charge in [-0.25, -0.2) is 5.43 Å². The Labute approximate surface area is 142 Å². The molecular weight excluding hydrogens is 364 g/mol. The first-order chi connectivity index (χ1) is 10.6. The molecule has 0 fully saturated rings. The number of nitrogens with one attached hydrogen (secondary N) is 1. The number of amides is 1. The maximum absolute atomic E-state index is 11.7. The first-order valence-corrected chi connectivity index (χ1v) is 8.71. The highest BCUT2D eigenvalue weighted by Gasteiger charge is 2.04. The number of halogens is 1. The Kier molecular flexibility index (Phi) is 6.27. The van der Waals surface area contributed by atoms with Crippen molar-refractivity contribution < 1.29 is 9.21 Å². The van der Waals surface area contributed by atoms with Gasteiger partial charge in [0.15, 0.2) is 0 Å². The lowest BCUT2D eigenvalue weighted by Gasteiger charge is -2.04. The minimum Gasteiger partial charge on any atom is -0.459 e. The number of carbonyl (C=O) groups excluding carboxylic acids is 1. The second kappa shape index (κ2) is 8.19. The van der Waals surface area contributed by atoms with Crippen LogP contribution < -0.4 is 5.43 Å². The van der Waals surface area contributed by atoms with Crippen LogP contribution in [-0.4, -0.2) is 17.9 Å². The molecular formula is C16H17BrN2O2S. The summed E-state index contributed by atoms with van der Waals surface area (Å²) in [6.45, 7) is 3.92. The van der Waals surface area contributed by atoms with Crippen molar-refractivity contribution in [1.29, 1.82) is 0 Å². The lowest BCUT2D eigenvalue weighted by molar-refractivity contribution is -0.118. The van der Waals surface area contributed by atoms with Crippen molar-refractivity contribution in [1.82, 2.24) is 5.43 Å². The van der Waals surface area contributed by atoms with E-state index in [1.807, 2.05) is 19.1 Å². The van der Waals surface area contributed by atoms with E-state index in [0.29, 0.717) is 11.5 Å². The van der Waals surface area contributed by atoms with E-state index in [9.17, 15) is 4.79 Å². The topological polar surface area (TPSA) is 54.6 Å². The monoisotopic (exact) mass is 380 g/mol. The van der Waals surface area contributed by atoms with Gasteiger partial charge in [-0.3, -0.25) is 4.79 Å². The number of hydrogen-bond acceptors (Lipinski definition) is 4. The molecule has 0 saturated carbocycles. The number of hydrogen-bond donors (Lipinski definition) is 1. The van der Waals surface area contributed by atoms with E-state index in [2.05, 4.69) is 45.5 Å². The molecule has 1 aromatic carbocycles. The van der Waals surface area contributed by atoms with Crippen molar-refractivity contribution in [2.45, 2.75) is 19.6 Å². The normalized spacial score (nSPS) is 11.0. The summed E-state index contributed by atoms with van der Waals surface area (Å²) in [6.07, 6.45) is 1.49. The van der Waals surface area contributed by atoms with Crippen molar-refractivity contribution in [3.63, 3.8) is 0 Å². The third-order valence-corrected chi connectivity index (χ3v) is 4.78. The fourth-order valence-electron chi connectivity index (χ4n) is 1.77. The van der Waals surface area contributed by atoms with Crippen LogP contribution in [0.4, 0.5) is 0 Å². The van der Waals surface area contributed by atoms with Crippen LogP contribution in [0, 0.1) is 13.8 Å². The van der Waals surface area contributed by atoms with Crippen LogP contribution in [0.1, 0.15) is 22.6 Å². The molecule has 1 aromatic heterocycles. The molecule has 0 atom stereocenters. The van der Waals surface area contributed by atoms with Crippen LogP contribution in [0.15, 0.2) is 44.3 Å². The fraction of sp³-hybridized carbons (Fsp3) is 0.250. The zero-order valence-electron chi connectivity index (χ0n) is 12.4. The Morgan fingerprint density at radius 1 is 1.41 bits per heavy atom. The molecule has 0 unspecified atom stereocenters. The van der Waals surface area contributed by atoms with E-state index in [1.54, 1.807) is 17.8 Å². The number of benzene rings is 1. The molecule has 22 heavy (non-hydrogen) atoms. The zero-order valence-corrected chi connectivity index (χ0v) is 14.8. The lowest BCUT2D eigenvalue weighted by Crippen LogP contribution is -2.19. The van der Waals surface area contributed by atoms with Gasteiger partial charge in [-0.05, 0) is 40.9 Å². The van der Waals surface area contributed by atoms with Gasteiger partial charge in [0.2, 0.25) is 5.91 Å². The van der Waals surface area contributed by atoms with Crippen LogP contribution in [0.2, 0.25) is 0 Å². The first kappa shape index (κ1) is 16.8. The molecule has 1 amide bonds. The molecule has 0 spiro atoms. The van der Waals surface area contributed by atoms with E-state index >= 15 is 0 Å². The Hall–Kier alpha value is -1.53. The van der Waals surface area contributed by atoms with Crippen molar-refractivity contribution >= 4 is 39.8 Å². The van der Waals surface area contributed by atoms with Crippen LogP contribution in [0.3, 0.4) is 0 Å². The molecule has 0 aliphatic rings. The number of aryl methyl sites for hydroxylation is 2. The average Bonchev–Trinajstić information content (AvgIpc) is 2.80. The molecule has 1 N–H and O–H groups in total. The Morgan fingerprint density at radius 3 is 2.86 bits per heavy atom. The summed E-state index contributed by atoms with van der Waals surface area (Å²) >= 11 is 4.92. The molecule has 2 rings (SSSR count). The highest BCUT2D eigenvalue weighted by atomic mass is 79.9. The van der Waals surface area contributed by atoms with Gasteiger partial charge in [0, 0.05) is 11.8 Å². The van der Waals surface area contributed by atoms with E-state index in [1.165, 1.54) is 17.3 Å². The van der Waals surface area contributed by atoms with Gasteiger partial charge in [0.25, 0.3) is 0 Å². The van der Waals surface area contributed by atoms with Gasteiger partial charge in [-0.15, -0.1) is 11.8 Å². The standard InChI is InChI=1S/C16H17BrN2O2S/c1-11-5-3-4-6-13(11)9-22-10-16(20)19-18-8-14-7-15(17)12(2)21-14/h3-8H,9-10H2,1-2H3,(H,19,20)/b18-8-. The third kappa shape index (κ3) is 5.03. The van der Waals surface area contributed by atoms with Gasteiger partial charge in [-0.1, -0.05) is 24.3 Å². The van der Waals surface area contributed by atoms with Crippen molar-refractivity contribution in [2.24, 2.45) is 5.10 Å². The number of furan rings is 1. The first-order valence-electron chi connectivity index (χ1n) is 6.76. The predicted octanol–water partition coefficient (Wildman–Crippen LogP) is 4.04. The van der Waals surface area contributed by atoms with E-state index < -0.39 is 0 Å². The number of rotatable bonds is 6. The van der Waals surface area contributed by atoms with Crippen molar-refractivity contribution in [3.05, 3.63) is 57.5 Å². The van der Waals surface area contributed by atoms with Gasteiger partial charge < -0.3 is 4.42 Å². The quantitative estimate of drug-likeness (QED) is 0.607. The molecule has 0 saturated heterocycles. The second-order valence-electron chi connectivity index (χ2n) is 4.77. The minimum absolute atomic E-state index is 0.128. The Balaban J connectivity index is 1.73. The number of hydrazone groups is 1. The smallest absolute Gasteiger partial charge is 0.250 e. The van der Waals surface area contributed by atoms with Gasteiger partial charge in [0.05, 0.1) is 16.4 Å². The van der Waals surface area contributed by atoms with Crippen LogP contribution >= 0.6 is 27.7 Å². The number of thioether (sulfide) groups is 1. The highest BCUT2D eigenvalue weighted by molar-refractivity contribution is 9.10. The second-order valence-corrected chi connectivity index (χ2v) is 6.61. The number of carbonyl (C=O) groups is 1. The molecule has 0 bridgehead atoms. The molecule has 0 radical (unpaired) electrons. The number of nitrogens with zero attached hydrogens (tertiary/aromatic N) is 1. The zero-order chi connectivity index (χ0) is 15.9. The average molecular weight is 381 g/mol. The van der Waals surface area contributed by atoms with Crippen molar-refractivity contribution in [3.8, 4) is 0 Å². The predicted molar refractivity (Wildman–Crippen MR) is 94.2 cm³/mol. The molecule has 6 heteroatoms. The molecule has 1 heterocycles. The molecule has 4 nitrogen and oxygen atoms in total. The van der Waals surface area contributed by atoms with Crippen LogP contribution in [0.5, 0.6) is 0 Å². The largest absolute Gasteiger partial charge is 0.459 e. The Morgan fingerprint density at radius 2 is 2.18 bits per heavy atom. The minimum atomic E-state index is -0.128. The highest BCUT2D eigenvalue weighted by Crippen LogP contribution is 2.19. The fourth-order valence-corrected chi connectivity index (χ4v) is 2.97.